The number of ether oxygens (including phenoxy) is 1. The Kier molecular flexibility index (Phi) is 5.49. The van der Waals surface area contributed by atoms with Gasteiger partial charge in [0.1, 0.15) is 11.8 Å². The molecule has 1 aromatic heterocycles. The minimum absolute atomic E-state index is 0.113. The van der Waals surface area contributed by atoms with Gasteiger partial charge in [-0.3, -0.25) is 19.3 Å². The summed E-state index contributed by atoms with van der Waals surface area (Å²) >= 11 is 0. The predicted molar refractivity (Wildman–Crippen MR) is 111 cm³/mol. The Morgan fingerprint density at radius 3 is 2.19 bits per heavy atom. The fourth-order valence-corrected chi connectivity index (χ4v) is 3.61. The van der Waals surface area contributed by atoms with E-state index in [9.17, 15) is 19.2 Å². The van der Waals surface area contributed by atoms with Gasteiger partial charge in [-0.05, 0) is 36.8 Å². The Bertz CT molecular complexity index is 1130. The third-order valence-electron chi connectivity index (χ3n) is 5.11. The van der Waals surface area contributed by atoms with Crippen molar-refractivity contribution in [3.05, 3.63) is 83.1 Å². The highest BCUT2D eigenvalue weighted by Gasteiger charge is 2.43. The summed E-state index contributed by atoms with van der Waals surface area (Å²) in [7, 11) is 0. The van der Waals surface area contributed by atoms with Crippen molar-refractivity contribution in [2.75, 3.05) is 6.61 Å². The average molecular weight is 417 g/mol. The van der Waals surface area contributed by atoms with Gasteiger partial charge in [0.15, 0.2) is 12.0 Å². The van der Waals surface area contributed by atoms with Crippen LogP contribution in [0.25, 0.3) is 11.3 Å². The summed E-state index contributed by atoms with van der Waals surface area (Å²) < 4.78 is 10.6. The largest absolute Gasteiger partial charge is 0.464 e. The standard InChI is InChI=1S/C24H19NO6/c1-2-30-24(29)20(25-22(27)18-5-3-4-6-19(18)23(25)28)13-15-7-9-16(10-8-15)21-12-11-17(14-26)31-21/h3-12,14,20H,2,13H2,1H3. The number of aldehydes is 1. The van der Waals surface area contributed by atoms with Crippen LogP contribution in [0.1, 0.15) is 43.8 Å². The fourth-order valence-electron chi connectivity index (χ4n) is 3.61. The van der Waals surface area contributed by atoms with Crippen LogP contribution in [0.5, 0.6) is 0 Å². The molecule has 31 heavy (non-hydrogen) atoms. The molecule has 0 bridgehead atoms. The number of esters is 1. The van der Waals surface area contributed by atoms with E-state index in [4.69, 9.17) is 9.15 Å². The zero-order chi connectivity index (χ0) is 22.0. The van der Waals surface area contributed by atoms with Crippen LogP contribution in [0.4, 0.5) is 0 Å². The van der Waals surface area contributed by atoms with E-state index in [-0.39, 0.29) is 29.9 Å². The molecule has 7 nitrogen and oxygen atoms in total. The van der Waals surface area contributed by atoms with Crippen LogP contribution >= 0.6 is 0 Å². The van der Waals surface area contributed by atoms with Crippen molar-refractivity contribution < 1.29 is 28.3 Å². The molecule has 2 amide bonds. The predicted octanol–water partition coefficient (Wildman–Crippen LogP) is 3.53. The molecule has 0 aliphatic carbocycles. The number of rotatable bonds is 7. The Labute approximate surface area is 178 Å². The molecule has 7 heteroatoms. The normalized spacial score (nSPS) is 13.8. The number of hydrogen-bond donors (Lipinski definition) is 0. The monoisotopic (exact) mass is 417 g/mol. The number of imide groups is 1. The van der Waals surface area contributed by atoms with Crippen molar-refractivity contribution in [1.29, 1.82) is 0 Å². The van der Waals surface area contributed by atoms with Crippen molar-refractivity contribution in [2.24, 2.45) is 0 Å². The van der Waals surface area contributed by atoms with Gasteiger partial charge in [0.2, 0.25) is 0 Å². The SMILES string of the molecule is CCOC(=O)C(Cc1ccc(-c2ccc(C=O)o2)cc1)N1C(=O)c2ccccc2C1=O. The van der Waals surface area contributed by atoms with E-state index in [1.807, 2.05) is 0 Å². The first-order chi connectivity index (χ1) is 15.0. The highest BCUT2D eigenvalue weighted by molar-refractivity contribution is 6.22. The molecule has 156 valence electrons. The second-order valence-electron chi connectivity index (χ2n) is 7.01. The van der Waals surface area contributed by atoms with Crippen molar-refractivity contribution in [3.63, 3.8) is 0 Å². The van der Waals surface area contributed by atoms with Crippen molar-refractivity contribution >= 4 is 24.1 Å². The fraction of sp³-hybridized carbons (Fsp3) is 0.167. The number of benzene rings is 2. The van der Waals surface area contributed by atoms with Crippen LogP contribution in [0, 0.1) is 0 Å². The summed E-state index contributed by atoms with van der Waals surface area (Å²) in [4.78, 5) is 50.2. The summed E-state index contributed by atoms with van der Waals surface area (Å²) in [5.41, 5.74) is 2.05. The molecule has 1 unspecified atom stereocenters. The lowest BCUT2D eigenvalue weighted by Gasteiger charge is -2.24. The molecule has 0 spiro atoms. The average Bonchev–Trinajstić information content (AvgIpc) is 3.37. The molecule has 4 rings (SSSR count). The summed E-state index contributed by atoms with van der Waals surface area (Å²) in [6.07, 6.45) is 0.742. The van der Waals surface area contributed by atoms with E-state index < -0.39 is 23.8 Å². The zero-order valence-corrected chi connectivity index (χ0v) is 16.7. The third-order valence-corrected chi connectivity index (χ3v) is 5.11. The first kappa shape index (κ1) is 20.3. The summed E-state index contributed by atoms with van der Waals surface area (Å²) in [6.45, 7) is 1.80. The minimum Gasteiger partial charge on any atom is -0.464 e. The number of amides is 2. The molecule has 2 heterocycles. The second-order valence-corrected chi connectivity index (χ2v) is 7.01. The van der Waals surface area contributed by atoms with Crippen LogP contribution in [0.2, 0.25) is 0 Å². The lowest BCUT2D eigenvalue weighted by atomic mass is 10.0. The minimum atomic E-state index is -1.08. The van der Waals surface area contributed by atoms with E-state index in [1.165, 1.54) is 0 Å². The molecule has 1 aliphatic rings. The Morgan fingerprint density at radius 1 is 1.00 bits per heavy atom. The molecular formula is C24H19NO6. The number of carbonyl (C=O) groups is 4. The van der Waals surface area contributed by atoms with Gasteiger partial charge in [-0.25, -0.2) is 4.79 Å². The third kappa shape index (κ3) is 3.77. The summed E-state index contributed by atoms with van der Waals surface area (Å²) in [5.74, 6) is -0.884. The van der Waals surface area contributed by atoms with Gasteiger partial charge in [0, 0.05) is 12.0 Å². The molecule has 0 N–H and O–H groups in total. The van der Waals surface area contributed by atoms with Gasteiger partial charge < -0.3 is 9.15 Å². The van der Waals surface area contributed by atoms with E-state index >= 15 is 0 Å². The Morgan fingerprint density at radius 2 is 1.65 bits per heavy atom. The molecule has 0 radical (unpaired) electrons. The highest BCUT2D eigenvalue weighted by Crippen LogP contribution is 2.27. The quantitative estimate of drug-likeness (QED) is 0.332. The Hall–Kier alpha value is -4.00. The number of carbonyl (C=O) groups excluding carboxylic acids is 4. The molecule has 1 atom stereocenters. The van der Waals surface area contributed by atoms with Gasteiger partial charge in [-0.15, -0.1) is 0 Å². The van der Waals surface area contributed by atoms with Crippen LogP contribution in [0.15, 0.2) is 65.1 Å². The number of furan rings is 1. The first-order valence-electron chi connectivity index (χ1n) is 9.81. The summed E-state index contributed by atoms with van der Waals surface area (Å²) in [5, 5.41) is 0. The van der Waals surface area contributed by atoms with Crippen LogP contribution in [0.3, 0.4) is 0 Å². The van der Waals surface area contributed by atoms with Crippen LogP contribution in [-0.4, -0.2) is 41.6 Å². The molecule has 0 saturated carbocycles. The Balaban J connectivity index is 1.61. The number of hydrogen-bond acceptors (Lipinski definition) is 6. The van der Waals surface area contributed by atoms with E-state index in [1.54, 1.807) is 67.6 Å². The van der Waals surface area contributed by atoms with Gasteiger partial charge >= 0.3 is 5.97 Å². The van der Waals surface area contributed by atoms with Crippen LogP contribution in [-0.2, 0) is 16.0 Å². The zero-order valence-electron chi connectivity index (χ0n) is 16.7. The maximum Gasteiger partial charge on any atom is 0.329 e. The molecule has 1 aliphatic heterocycles. The molecule has 0 saturated heterocycles. The molecule has 2 aromatic carbocycles. The maximum atomic E-state index is 12.9. The van der Waals surface area contributed by atoms with E-state index in [2.05, 4.69) is 0 Å². The lowest BCUT2D eigenvalue weighted by molar-refractivity contribution is -0.147. The van der Waals surface area contributed by atoms with Crippen molar-refractivity contribution in [2.45, 2.75) is 19.4 Å². The smallest absolute Gasteiger partial charge is 0.329 e. The van der Waals surface area contributed by atoms with Gasteiger partial charge in [0.05, 0.1) is 17.7 Å². The maximum absolute atomic E-state index is 12.9. The van der Waals surface area contributed by atoms with E-state index in [0.29, 0.717) is 12.0 Å². The molecular weight excluding hydrogens is 398 g/mol. The van der Waals surface area contributed by atoms with Crippen molar-refractivity contribution in [3.8, 4) is 11.3 Å². The number of fused-ring (bicyclic) bond motifs is 1. The highest BCUT2D eigenvalue weighted by atomic mass is 16.5. The molecule has 0 fully saturated rings. The lowest BCUT2D eigenvalue weighted by Crippen LogP contribution is -2.47. The second kappa shape index (κ2) is 8.39. The van der Waals surface area contributed by atoms with E-state index in [0.717, 1.165) is 16.0 Å². The molecule has 3 aromatic rings. The van der Waals surface area contributed by atoms with Crippen molar-refractivity contribution in [1.82, 2.24) is 4.90 Å². The summed E-state index contributed by atoms with van der Waals surface area (Å²) in [6, 6.07) is 15.8. The topological polar surface area (TPSA) is 93.9 Å². The van der Waals surface area contributed by atoms with Crippen LogP contribution < -0.4 is 0 Å². The van der Waals surface area contributed by atoms with Gasteiger partial charge in [-0.2, -0.15) is 0 Å². The van der Waals surface area contributed by atoms with Gasteiger partial charge in [-0.1, -0.05) is 36.4 Å². The first-order valence-corrected chi connectivity index (χ1v) is 9.81. The van der Waals surface area contributed by atoms with Gasteiger partial charge in [0.25, 0.3) is 11.8 Å². The number of nitrogens with zero attached hydrogens (tertiary/aromatic N) is 1.